The predicted octanol–water partition coefficient (Wildman–Crippen LogP) is 2.23. The summed E-state index contributed by atoms with van der Waals surface area (Å²) in [5.41, 5.74) is 1.83. The van der Waals surface area contributed by atoms with Crippen molar-refractivity contribution in [1.29, 1.82) is 0 Å². The molecule has 6 nitrogen and oxygen atoms in total. The maximum absolute atomic E-state index is 13.1. The van der Waals surface area contributed by atoms with Crippen LogP contribution in [-0.2, 0) is 0 Å². The lowest BCUT2D eigenvalue weighted by Crippen LogP contribution is -2.32. The fourth-order valence-electron chi connectivity index (χ4n) is 4.09. The number of likely N-dealkylation sites (tertiary alicyclic amines) is 1. The second kappa shape index (κ2) is 6.63. The van der Waals surface area contributed by atoms with E-state index in [-0.39, 0.29) is 11.7 Å². The van der Waals surface area contributed by atoms with Gasteiger partial charge < -0.3 is 10.2 Å². The molecule has 0 aliphatic carbocycles. The highest BCUT2D eigenvalue weighted by Crippen LogP contribution is 2.28. The molecule has 1 amide bonds. The van der Waals surface area contributed by atoms with Crippen LogP contribution in [-0.4, -0.2) is 51.8 Å². The highest BCUT2D eigenvalue weighted by Gasteiger charge is 2.39. The predicted molar refractivity (Wildman–Crippen MR) is 103 cm³/mol. The summed E-state index contributed by atoms with van der Waals surface area (Å²) in [6.07, 6.45) is 0. The van der Waals surface area contributed by atoms with Crippen molar-refractivity contribution in [3.05, 3.63) is 66.5 Å². The van der Waals surface area contributed by atoms with Gasteiger partial charge in [0.25, 0.3) is 5.91 Å². The maximum Gasteiger partial charge on any atom is 0.293 e. The summed E-state index contributed by atoms with van der Waals surface area (Å²) in [6.45, 7) is 3.57. The summed E-state index contributed by atoms with van der Waals surface area (Å²) in [5.74, 6) is 1.99. The molecular weight excluding hydrogens is 338 g/mol. The first kappa shape index (κ1) is 16.2. The largest absolute Gasteiger partial charge is 0.335 e. The van der Waals surface area contributed by atoms with Crippen molar-refractivity contribution in [3.8, 4) is 17.1 Å². The monoisotopic (exact) mass is 359 g/mol. The van der Waals surface area contributed by atoms with Crippen LogP contribution in [0, 0.1) is 11.8 Å². The molecule has 2 aromatic carbocycles. The fourth-order valence-corrected chi connectivity index (χ4v) is 4.09. The van der Waals surface area contributed by atoms with Crippen LogP contribution in [0.15, 0.2) is 60.7 Å². The zero-order chi connectivity index (χ0) is 18.2. The van der Waals surface area contributed by atoms with Gasteiger partial charge in [0.05, 0.1) is 5.69 Å². The second-order valence-corrected chi connectivity index (χ2v) is 7.26. The molecule has 0 radical (unpaired) electrons. The van der Waals surface area contributed by atoms with Crippen LogP contribution >= 0.6 is 0 Å². The van der Waals surface area contributed by atoms with Gasteiger partial charge in [-0.2, -0.15) is 0 Å². The van der Waals surface area contributed by atoms with Gasteiger partial charge in [0.2, 0.25) is 5.82 Å². The van der Waals surface area contributed by atoms with Crippen molar-refractivity contribution in [1.82, 2.24) is 25.0 Å². The summed E-state index contributed by atoms with van der Waals surface area (Å²) in [7, 11) is 0. The average molecular weight is 359 g/mol. The van der Waals surface area contributed by atoms with Gasteiger partial charge in [-0.3, -0.25) is 4.79 Å². The third-order valence-electron chi connectivity index (χ3n) is 5.51. The molecule has 6 heteroatoms. The molecule has 2 aliphatic heterocycles. The van der Waals surface area contributed by atoms with Gasteiger partial charge in [-0.1, -0.05) is 48.5 Å². The quantitative estimate of drug-likeness (QED) is 0.779. The van der Waals surface area contributed by atoms with E-state index in [2.05, 4.69) is 15.4 Å². The fraction of sp³-hybridized carbons (Fsp3) is 0.286. The highest BCUT2D eigenvalue weighted by molar-refractivity contribution is 5.91. The highest BCUT2D eigenvalue weighted by atomic mass is 16.2. The number of nitrogens with one attached hydrogen (secondary N) is 1. The molecule has 3 aromatic rings. The van der Waals surface area contributed by atoms with Crippen LogP contribution < -0.4 is 5.32 Å². The van der Waals surface area contributed by atoms with E-state index in [4.69, 9.17) is 0 Å². The lowest BCUT2D eigenvalue weighted by atomic mass is 10.0. The number of aromatic nitrogens is 3. The minimum Gasteiger partial charge on any atom is -0.335 e. The number of para-hydroxylation sites is 1. The summed E-state index contributed by atoms with van der Waals surface area (Å²) in [4.78, 5) is 19.6. The molecule has 136 valence electrons. The molecule has 0 saturated carbocycles. The van der Waals surface area contributed by atoms with Crippen molar-refractivity contribution in [2.45, 2.75) is 0 Å². The molecule has 3 heterocycles. The minimum atomic E-state index is -0.0729. The Bertz CT molecular complexity index is 884. The maximum atomic E-state index is 13.1. The number of hydrogen-bond donors (Lipinski definition) is 1. The number of hydrogen-bond acceptors (Lipinski definition) is 4. The average Bonchev–Trinajstić information content (AvgIpc) is 3.43. The SMILES string of the molecule is O=C(c1nc(-c2ccccc2)n(-c2ccccc2)n1)N1C[C@H]2CNC[C@H]2C1. The summed E-state index contributed by atoms with van der Waals surface area (Å²) < 4.78 is 1.76. The Balaban J connectivity index is 1.52. The van der Waals surface area contributed by atoms with Gasteiger partial charge in [-0.15, -0.1) is 5.10 Å². The van der Waals surface area contributed by atoms with Crippen LogP contribution in [0.2, 0.25) is 0 Å². The molecule has 2 saturated heterocycles. The molecule has 1 aromatic heterocycles. The molecule has 1 N–H and O–H groups in total. The first-order valence-corrected chi connectivity index (χ1v) is 9.37. The Morgan fingerprint density at radius 3 is 2.22 bits per heavy atom. The summed E-state index contributed by atoms with van der Waals surface area (Å²) >= 11 is 0. The number of rotatable bonds is 3. The number of carbonyl (C=O) groups excluding carboxylic acids is 1. The molecular formula is C21H21N5O. The van der Waals surface area contributed by atoms with Gasteiger partial charge >= 0.3 is 0 Å². The number of amides is 1. The van der Waals surface area contributed by atoms with E-state index in [1.54, 1.807) is 4.68 Å². The Labute approximate surface area is 157 Å². The van der Waals surface area contributed by atoms with Crippen molar-refractivity contribution >= 4 is 5.91 Å². The van der Waals surface area contributed by atoms with Crippen LogP contribution in [0.3, 0.4) is 0 Å². The van der Waals surface area contributed by atoms with Crippen molar-refractivity contribution < 1.29 is 4.79 Å². The van der Waals surface area contributed by atoms with E-state index >= 15 is 0 Å². The first-order chi connectivity index (χ1) is 13.3. The van der Waals surface area contributed by atoms with Crippen molar-refractivity contribution in [2.24, 2.45) is 11.8 Å². The van der Waals surface area contributed by atoms with E-state index in [9.17, 15) is 4.79 Å². The van der Waals surface area contributed by atoms with Gasteiger partial charge in [-0.25, -0.2) is 9.67 Å². The van der Waals surface area contributed by atoms with E-state index in [1.807, 2.05) is 65.6 Å². The Morgan fingerprint density at radius 2 is 1.56 bits per heavy atom. The van der Waals surface area contributed by atoms with Crippen LogP contribution in [0.4, 0.5) is 0 Å². The van der Waals surface area contributed by atoms with Crippen LogP contribution in [0.25, 0.3) is 17.1 Å². The Kier molecular flexibility index (Phi) is 3.98. The minimum absolute atomic E-state index is 0.0729. The van der Waals surface area contributed by atoms with Crippen LogP contribution in [0.5, 0.6) is 0 Å². The standard InChI is InChI=1S/C21H21N5O/c27-21(25-13-16-11-22-12-17(16)14-25)19-23-20(15-7-3-1-4-8-15)26(24-19)18-9-5-2-6-10-18/h1-10,16-17,22H,11-14H2/t16-,17+. The third-order valence-corrected chi connectivity index (χ3v) is 5.51. The summed E-state index contributed by atoms with van der Waals surface area (Å²) in [5, 5.41) is 8.00. The smallest absolute Gasteiger partial charge is 0.293 e. The molecule has 0 bridgehead atoms. The molecule has 0 unspecified atom stereocenters. The molecule has 2 aliphatic rings. The Morgan fingerprint density at radius 1 is 0.926 bits per heavy atom. The van der Waals surface area contributed by atoms with Gasteiger partial charge in [0.15, 0.2) is 5.82 Å². The van der Waals surface area contributed by atoms with Crippen molar-refractivity contribution in [2.75, 3.05) is 26.2 Å². The number of carbonyl (C=O) groups is 1. The zero-order valence-corrected chi connectivity index (χ0v) is 15.0. The lowest BCUT2D eigenvalue weighted by Gasteiger charge is -2.15. The number of benzene rings is 2. The van der Waals surface area contributed by atoms with Crippen LogP contribution in [0.1, 0.15) is 10.6 Å². The Hall–Kier alpha value is -2.99. The topological polar surface area (TPSA) is 63.1 Å². The molecule has 2 atom stereocenters. The normalized spacial score (nSPS) is 21.4. The molecule has 2 fully saturated rings. The molecule has 0 spiro atoms. The van der Waals surface area contributed by atoms with Gasteiger partial charge in [0, 0.05) is 31.7 Å². The first-order valence-electron chi connectivity index (χ1n) is 9.37. The van der Waals surface area contributed by atoms with Gasteiger partial charge in [-0.05, 0) is 24.0 Å². The molecule has 27 heavy (non-hydrogen) atoms. The number of fused-ring (bicyclic) bond motifs is 1. The molecule has 5 rings (SSSR count). The van der Waals surface area contributed by atoms with E-state index in [0.29, 0.717) is 17.7 Å². The van der Waals surface area contributed by atoms with E-state index < -0.39 is 0 Å². The third kappa shape index (κ3) is 2.92. The van der Waals surface area contributed by atoms with Crippen molar-refractivity contribution in [3.63, 3.8) is 0 Å². The lowest BCUT2D eigenvalue weighted by molar-refractivity contribution is 0.0769. The zero-order valence-electron chi connectivity index (χ0n) is 15.0. The number of nitrogens with zero attached hydrogens (tertiary/aromatic N) is 4. The second-order valence-electron chi connectivity index (χ2n) is 7.26. The summed E-state index contributed by atoms with van der Waals surface area (Å²) in [6, 6.07) is 19.7. The van der Waals surface area contributed by atoms with E-state index in [1.165, 1.54) is 0 Å². The van der Waals surface area contributed by atoms with E-state index in [0.717, 1.165) is 37.4 Å². The van der Waals surface area contributed by atoms with Gasteiger partial charge in [0.1, 0.15) is 0 Å².